The van der Waals surface area contributed by atoms with E-state index in [-0.39, 0.29) is 0 Å². The first-order chi connectivity index (χ1) is 6.52. The molecule has 1 saturated carbocycles. The number of hydrogen-bond donors (Lipinski definition) is 1. The maximum Gasteiger partial charge on any atom is 0.0207 e. The minimum atomic E-state index is 0.525. The van der Waals surface area contributed by atoms with Crippen LogP contribution in [0.1, 0.15) is 53.4 Å². The summed E-state index contributed by atoms with van der Waals surface area (Å²) in [5, 5.41) is 3.51. The summed E-state index contributed by atoms with van der Waals surface area (Å²) in [7, 11) is 2.12. The Kier molecular flexibility index (Phi) is 4.00. The van der Waals surface area contributed by atoms with Crippen LogP contribution in [0.25, 0.3) is 0 Å². The van der Waals surface area contributed by atoms with E-state index in [0.717, 1.165) is 17.8 Å². The van der Waals surface area contributed by atoms with Crippen molar-refractivity contribution >= 4 is 0 Å². The fourth-order valence-electron chi connectivity index (χ4n) is 2.38. The maximum atomic E-state index is 3.51. The van der Waals surface area contributed by atoms with E-state index in [1.165, 1.54) is 25.7 Å². The summed E-state index contributed by atoms with van der Waals surface area (Å²) in [5.74, 6) is 2.64. The summed E-state index contributed by atoms with van der Waals surface area (Å²) >= 11 is 0. The van der Waals surface area contributed by atoms with Crippen LogP contribution < -0.4 is 5.32 Å². The Labute approximate surface area is 89.7 Å². The van der Waals surface area contributed by atoms with Crippen LogP contribution in [0.2, 0.25) is 0 Å². The molecule has 1 nitrogen and oxygen atoms in total. The summed E-state index contributed by atoms with van der Waals surface area (Å²) < 4.78 is 0. The molecular weight excluding hydrogens is 170 g/mol. The normalized spacial score (nSPS) is 33.4. The van der Waals surface area contributed by atoms with Gasteiger partial charge in [0.25, 0.3) is 0 Å². The fraction of sp³-hybridized carbons (Fsp3) is 1.00. The summed E-state index contributed by atoms with van der Waals surface area (Å²) in [5.41, 5.74) is 0.525. The Balaban J connectivity index is 2.15. The second-order valence-corrected chi connectivity index (χ2v) is 5.62. The SMILES string of the molecule is CNC1(CCCC(C)C(C)C)C[C@@H]1C. The van der Waals surface area contributed by atoms with Crippen molar-refractivity contribution in [2.75, 3.05) is 7.05 Å². The molecule has 0 amide bonds. The van der Waals surface area contributed by atoms with Crippen molar-refractivity contribution in [2.45, 2.75) is 58.9 Å². The van der Waals surface area contributed by atoms with E-state index in [4.69, 9.17) is 0 Å². The predicted molar refractivity (Wildman–Crippen MR) is 63.4 cm³/mol. The maximum absolute atomic E-state index is 3.51. The lowest BCUT2D eigenvalue weighted by atomic mass is 9.91. The van der Waals surface area contributed by atoms with E-state index in [2.05, 4.69) is 40.1 Å². The summed E-state index contributed by atoms with van der Waals surface area (Å²) in [4.78, 5) is 0. The molecule has 0 radical (unpaired) electrons. The minimum Gasteiger partial charge on any atom is -0.314 e. The molecule has 0 saturated heterocycles. The van der Waals surface area contributed by atoms with Gasteiger partial charge in [-0.15, -0.1) is 0 Å². The van der Waals surface area contributed by atoms with Gasteiger partial charge in [-0.2, -0.15) is 0 Å². The van der Waals surface area contributed by atoms with Crippen molar-refractivity contribution < 1.29 is 0 Å². The van der Waals surface area contributed by atoms with Gasteiger partial charge in [-0.25, -0.2) is 0 Å². The summed E-state index contributed by atoms with van der Waals surface area (Å²) in [6.07, 6.45) is 5.56. The molecule has 3 atom stereocenters. The molecule has 0 aliphatic heterocycles. The highest BCUT2D eigenvalue weighted by Crippen LogP contribution is 2.46. The van der Waals surface area contributed by atoms with Gasteiger partial charge in [0.05, 0.1) is 0 Å². The van der Waals surface area contributed by atoms with Gasteiger partial charge >= 0.3 is 0 Å². The minimum absolute atomic E-state index is 0.525. The average Bonchev–Trinajstić information content (AvgIpc) is 2.77. The van der Waals surface area contributed by atoms with Gasteiger partial charge in [0.2, 0.25) is 0 Å². The number of rotatable bonds is 6. The lowest BCUT2D eigenvalue weighted by Gasteiger charge is -2.19. The quantitative estimate of drug-likeness (QED) is 0.688. The highest BCUT2D eigenvalue weighted by atomic mass is 15.0. The zero-order valence-electron chi connectivity index (χ0n) is 10.6. The third-order valence-corrected chi connectivity index (χ3v) is 4.37. The first-order valence-corrected chi connectivity index (χ1v) is 6.21. The van der Waals surface area contributed by atoms with Crippen molar-refractivity contribution in [3.8, 4) is 0 Å². The van der Waals surface area contributed by atoms with Gasteiger partial charge < -0.3 is 5.32 Å². The zero-order chi connectivity index (χ0) is 10.8. The van der Waals surface area contributed by atoms with Gasteiger partial charge in [0, 0.05) is 5.54 Å². The van der Waals surface area contributed by atoms with E-state index in [0.29, 0.717) is 5.54 Å². The smallest absolute Gasteiger partial charge is 0.0207 e. The molecule has 0 aromatic carbocycles. The molecule has 0 heterocycles. The van der Waals surface area contributed by atoms with Crippen LogP contribution in [0.4, 0.5) is 0 Å². The van der Waals surface area contributed by atoms with E-state index in [1.807, 2.05) is 0 Å². The molecule has 0 aromatic rings. The van der Waals surface area contributed by atoms with E-state index in [9.17, 15) is 0 Å². The molecule has 1 aliphatic rings. The number of nitrogens with one attached hydrogen (secondary N) is 1. The molecule has 0 bridgehead atoms. The van der Waals surface area contributed by atoms with Crippen molar-refractivity contribution in [3.05, 3.63) is 0 Å². The molecule has 2 unspecified atom stereocenters. The van der Waals surface area contributed by atoms with Crippen LogP contribution >= 0.6 is 0 Å². The molecule has 14 heavy (non-hydrogen) atoms. The van der Waals surface area contributed by atoms with Gasteiger partial charge in [0.15, 0.2) is 0 Å². The van der Waals surface area contributed by atoms with Gasteiger partial charge in [-0.1, -0.05) is 40.5 Å². The first-order valence-electron chi connectivity index (χ1n) is 6.21. The van der Waals surface area contributed by atoms with Crippen LogP contribution in [0.3, 0.4) is 0 Å². The summed E-state index contributed by atoms with van der Waals surface area (Å²) in [6, 6.07) is 0. The first kappa shape index (κ1) is 12.0. The van der Waals surface area contributed by atoms with Gasteiger partial charge in [-0.3, -0.25) is 0 Å². The Bertz CT molecular complexity index is 172. The lowest BCUT2D eigenvalue weighted by Crippen LogP contribution is -2.29. The molecule has 1 heteroatoms. The van der Waals surface area contributed by atoms with Crippen molar-refractivity contribution in [1.29, 1.82) is 0 Å². The second-order valence-electron chi connectivity index (χ2n) is 5.62. The topological polar surface area (TPSA) is 12.0 Å². The van der Waals surface area contributed by atoms with Crippen molar-refractivity contribution in [1.82, 2.24) is 5.32 Å². The largest absolute Gasteiger partial charge is 0.314 e. The Morgan fingerprint density at radius 3 is 2.29 bits per heavy atom. The van der Waals surface area contributed by atoms with Crippen LogP contribution in [0, 0.1) is 17.8 Å². The molecule has 1 fully saturated rings. The standard InChI is InChI=1S/C13H27N/c1-10(2)11(3)7-6-8-13(14-5)9-12(13)4/h10-12,14H,6-9H2,1-5H3/t11?,12-,13?/m0/s1. The highest BCUT2D eigenvalue weighted by molar-refractivity contribution is 5.06. The van der Waals surface area contributed by atoms with Crippen LogP contribution in [0.5, 0.6) is 0 Å². The van der Waals surface area contributed by atoms with Crippen molar-refractivity contribution in [3.63, 3.8) is 0 Å². The number of hydrogen-bond acceptors (Lipinski definition) is 1. The highest BCUT2D eigenvalue weighted by Gasteiger charge is 2.48. The van der Waals surface area contributed by atoms with Crippen LogP contribution in [0.15, 0.2) is 0 Å². The fourth-order valence-corrected chi connectivity index (χ4v) is 2.38. The Morgan fingerprint density at radius 2 is 1.93 bits per heavy atom. The van der Waals surface area contributed by atoms with E-state index >= 15 is 0 Å². The molecule has 0 aromatic heterocycles. The van der Waals surface area contributed by atoms with Gasteiger partial charge in [-0.05, 0) is 37.6 Å². The third-order valence-electron chi connectivity index (χ3n) is 4.37. The molecule has 84 valence electrons. The second kappa shape index (κ2) is 4.65. The third kappa shape index (κ3) is 2.73. The van der Waals surface area contributed by atoms with Gasteiger partial charge in [0.1, 0.15) is 0 Å². The average molecular weight is 197 g/mol. The zero-order valence-corrected chi connectivity index (χ0v) is 10.6. The summed E-state index contributed by atoms with van der Waals surface area (Å²) in [6.45, 7) is 9.41. The predicted octanol–water partition coefficient (Wildman–Crippen LogP) is 3.45. The molecular formula is C13H27N. The Morgan fingerprint density at radius 1 is 1.36 bits per heavy atom. The lowest BCUT2D eigenvalue weighted by molar-refractivity contribution is 0.354. The molecule has 0 spiro atoms. The Hall–Kier alpha value is -0.0400. The van der Waals surface area contributed by atoms with Crippen LogP contribution in [-0.2, 0) is 0 Å². The molecule has 1 rings (SSSR count). The molecule has 1 N–H and O–H groups in total. The molecule has 1 aliphatic carbocycles. The van der Waals surface area contributed by atoms with Crippen molar-refractivity contribution in [2.24, 2.45) is 17.8 Å². The van der Waals surface area contributed by atoms with E-state index < -0.39 is 0 Å². The van der Waals surface area contributed by atoms with Crippen LogP contribution in [-0.4, -0.2) is 12.6 Å². The monoisotopic (exact) mass is 197 g/mol. The van der Waals surface area contributed by atoms with E-state index in [1.54, 1.807) is 0 Å².